The summed E-state index contributed by atoms with van der Waals surface area (Å²) in [5.74, 6) is 0.764. The highest BCUT2D eigenvalue weighted by atomic mass is 16.5. The Labute approximate surface area is 158 Å². The van der Waals surface area contributed by atoms with Gasteiger partial charge in [-0.15, -0.1) is 0 Å². The number of amides is 2. The van der Waals surface area contributed by atoms with E-state index in [1.54, 1.807) is 36.4 Å². The molecule has 2 amide bonds. The molecule has 0 spiro atoms. The van der Waals surface area contributed by atoms with E-state index >= 15 is 0 Å². The second-order valence-corrected chi connectivity index (χ2v) is 6.52. The van der Waals surface area contributed by atoms with E-state index in [-0.39, 0.29) is 18.2 Å². The summed E-state index contributed by atoms with van der Waals surface area (Å²) in [6.07, 6.45) is 3.51. The van der Waals surface area contributed by atoms with E-state index in [2.05, 4.69) is 22.8 Å². The maximum atomic E-state index is 12.2. The first-order valence-corrected chi connectivity index (χ1v) is 8.91. The number of anilines is 1. The molecule has 1 saturated carbocycles. The molecule has 0 atom stereocenters. The van der Waals surface area contributed by atoms with Crippen LogP contribution in [-0.2, 0) is 0 Å². The molecule has 27 heavy (non-hydrogen) atoms. The first-order valence-electron chi connectivity index (χ1n) is 8.91. The van der Waals surface area contributed by atoms with Gasteiger partial charge in [-0.3, -0.25) is 0 Å². The van der Waals surface area contributed by atoms with Gasteiger partial charge < -0.3 is 15.4 Å². The van der Waals surface area contributed by atoms with Gasteiger partial charge >= 0.3 is 6.03 Å². The van der Waals surface area contributed by atoms with Crippen molar-refractivity contribution in [2.45, 2.75) is 37.8 Å². The van der Waals surface area contributed by atoms with Gasteiger partial charge in [0.05, 0.1) is 29.4 Å². The lowest BCUT2D eigenvalue weighted by atomic mass is 9.93. The zero-order chi connectivity index (χ0) is 19.1. The Morgan fingerprint density at radius 1 is 0.963 bits per heavy atom. The van der Waals surface area contributed by atoms with Crippen LogP contribution in [0.3, 0.4) is 0 Å². The lowest BCUT2D eigenvalue weighted by Gasteiger charge is -2.29. The summed E-state index contributed by atoms with van der Waals surface area (Å²) in [6.45, 7) is 0. The van der Waals surface area contributed by atoms with E-state index in [9.17, 15) is 4.79 Å². The van der Waals surface area contributed by atoms with E-state index in [0.29, 0.717) is 16.8 Å². The quantitative estimate of drug-likeness (QED) is 0.863. The lowest BCUT2D eigenvalue weighted by molar-refractivity contribution is 0.141. The Bertz CT molecular complexity index is 872. The maximum absolute atomic E-state index is 12.2. The summed E-state index contributed by atoms with van der Waals surface area (Å²) in [6, 6.07) is 17.9. The zero-order valence-corrected chi connectivity index (χ0v) is 14.8. The van der Waals surface area contributed by atoms with Crippen LogP contribution in [0, 0.1) is 22.7 Å². The van der Waals surface area contributed by atoms with Crippen LogP contribution in [0.25, 0.3) is 0 Å². The summed E-state index contributed by atoms with van der Waals surface area (Å²) in [5.41, 5.74) is 1.72. The molecule has 2 aromatic carbocycles. The third kappa shape index (κ3) is 5.23. The number of nitrogens with one attached hydrogen (secondary N) is 2. The van der Waals surface area contributed by atoms with Crippen LogP contribution < -0.4 is 15.4 Å². The normalized spacial score (nSPS) is 18.6. The standard InChI is InChI=1S/C21H20N4O2/c22-13-15-4-8-19(9-5-15)27-20-10-6-17(7-11-20)24-21(26)25-18-3-1-2-16(12-18)14-23/h1-5,8-9,12,17,20H,6-7,10-11H2,(H2,24,25,26)/t17-,20-. The second kappa shape index (κ2) is 8.73. The number of benzene rings is 2. The average molecular weight is 360 g/mol. The second-order valence-electron chi connectivity index (χ2n) is 6.52. The minimum absolute atomic E-state index is 0.102. The topological polar surface area (TPSA) is 97.9 Å². The summed E-state index contributed by atoms with van der Waals surface area (Å²) in [7, 11) is 0. The van der Waals surface area contributed by atoms with Crippen molar-refractivity contribution in [3.8, 4) is 17.9 Å². The molecular weight excluding hydrogens is 340 g/mol. The maximum Gasteiger partial charge on any atom is 0.319 e. The van der Waals surface area contributed by atoms with Crippen LogP contribution in [0.2, 0.25) is 0 Å². The van der Waals surface area contributed by atoms with E-state index in [1.165, 1.54) is 0 Å². The van der Waals surface area contributed by atoms with Gasteiger partial charge in [0.15, 0.2) is 0 Å². The van der Waals surface area contributed by atoms with Crippen molar-refractivity contribution in [2.24, 2.45) is 0 Å². The highest BCUT2D eigenvalue weighted by Crippen LogP contribution is 2.24. The molecule has 136 valence electrons. The molecule has 0 bridgehead atoms. The molecule has 6 nitrogen and oxygen atoms in total. The average Bonchev–Trinajstić information content (AvgIpc) is 2.70. The summed E-state index contributed by atoms with van der Waals surface area (Å²) in [5, 5.41) is 23.5. The Hall–Kier alpha value is -3.51. The fourth-order valence-electron chi connectivity index (χ4n) is 3.14. The third-order valence-electron chi connectivity index (χ3n) is 4.55. The van der Waals surface area contributed by atoms with Crippen LogP contribution in [0.5, 0.6) is 5.75 Å². The van der Waals surface area contributed by atoms with Crippen LogP contribution in [0.1, 0.15) is 36.8 Å². The van der Waals surface area contributed by atoms with Crippen molar-refractivity contribution in [1.29, 1.82) is 10.5 Å². The fraction of sp³-hybridized carbons (Fsp3) is 0.286. The van der Waals surface area contributed by atoms with Crippen molar-refractivity contribution in [3.63, 3.8) is 0 Å². The lowest BCUT2D eigenvalue weighted by Crippen LogP contribution is -2.41. The third-order valence-corrected chi connectivity index (χ3v) is 4.55. The summed E-state index contributed by atoms with van der Waals surface area (Å²) < 4.78 is 5.96. The number of rotatable bonds is 4. The number of urea groups is 1. The monoisotopic (exact) mass is 360 g/mol. The molecule has 0 saturated heterocycles. The molecule has 0 aliphatic heterocycles. The number of hydrogen-bond donors (Lipinski definition) is 2. The largest absolute Gasteiger partial charge is 0.490 e. The van der Waals surface area contributed by atoms with Crippen LogP contribution in [-0.4, -0.2) is 18.2 Å². The first kappa shape index (κ1) is 18.3. The molecule has 0 heterocycles. The van der Waals surface area contributed by atoms with Gasteiger partial charge in [0.2, 0.25) is 0 Å². The Morgan fingerprint density at radius 3 is 2.33 bits per heavy atom. The van der Waals surface area contributed by atoms with Crippen molar-refractivity contribution in [3.05, 3.63) is 59.7 Å². The van der Waals surface area contributed by atoms with Gasteiger partial charge in [-0.1, -0.05) is 6.07 Å². The predicted octanol–water partition coefficient (Wildman–Crippen LogP) is 3.94. The SMILES string of the molecule is N#Cc1ccc(O[C@H]2CC[C@H](NC(=O)Nc3cccc(C#N)c3)CC2)cc1. The van der Waals surface area contributed by atoms with Gasteiger partial charge in [-0.25, -0.2) is 4.79 Å². The van der Waals surface area contributed by atoms with Crippen LogP contribution in [0.15, 0.2) is 48.5 Å². The number of carbonyl (C=O) groups excluding carboxylic acids is 1. The van der Waals surface area contributed by atoms with Crippen LogP contribution >= 0.6 is 0 Å². The van der Waals surface area contributed by atoms with Crippen molar-refractivity contribution in [2.75, 3.05) is 5.32 Å². The van der Waals surface area contributed by atoms with E-state index < -0.39 is 0 Å². The number of carbonyl (C=O) groups is 1. The molecule has 1 aliphatic rings. The van der Waals surface area contributed by atoms with Crippen molar-refractivity contribution < 1.29 is 9.53 Å². The number of nitriles is 2. The molecule has 0 unspecified atom stereocenters. The van der Waals surface area contributed by atoms with Crippen LogP contribution in [0.4, 0.5) is 10.5 Å². The predicted molar refractivity (Wildman–Crippen MR) is 101 cm³/mol. The number of ether oxygens (including phenoxy) is 1. The minimum atomic E-state index is -0.262. The number of nitrogens with zero attached hydrogens (tertiary/aromatic N) is 2. The smallest absolute Gasteiger partial charge is 0.319 e. The molecule has 6 heteroatoms. The van der Waals surface area contributed by atoms with Gasteiger partial charge in [0.1, 0.15) is 5.75 Å². The molecule has 2 N–H and O–H groups in total. The van der Waals surface area contributed by atoms with E-state index in [0.717, 1.165) is 31.4 Å². The highest BCUT2D eigenvalue weighted by molar-refractivity contribution is 5.89. The molecule has 1 fully saturated rings. The Balaban J connectivity index is 1.44. The van der Waals surface area contributed by atoms with Gasteiger partial charge in [-0.05, 0) is 68.1 Å². The number of hydrogen-bond acceptors (Lipinski definition) is 4. The Morgan fingerprint density at radius 2 is 1.67 bits per heavy atom. The zero-order valence-electron chi connectivity index (χ0n) is 14.8. The Kier molecular flexibility index (Phi) is 5.91. The first-order chi connectivity index (χ1) is 13.2. The van der Waals surface area contributed by atoms with E-state index in [1.807, 2.05) is 12.1 Å². The molecule has 0 radical (unpaired) electrons. The van der Waals surface area contributed by atoms with Crippen molar-refractivity contribution >= 4 is 11.7 Å². The van der Waals surface area contributed by atoms with E-state index in [4.69, 9.17) is 15.3 Å². The molecule has 2 aromatic rings. The van der Waals surface area contributed by atoms with Crippen molar-refractivity contribution in [1.82, 2.24) is 5.32 Å². The van der Waals surface area contributed by atoms with Gasteiger partial charge in [0, 0.05) is 11.7 Å². The summed E-state index contributed by atoms with van der Waals surface area (Å²) in [4.78, 5) is 12.2. The van der Waals surface area contributed by atoms with Gasteiger partial charge in [-0.2, -0.15) is 10.5 Å². The summed E-state index contributed by atoms with van der Waals surface area (Å²) >= 11 is 0. The molecule has 3 rings (SSSR count). The molecular formula is C21H20N4O2. The fourth-order valence-corrected chi connectivity index (χ4v) is 3.14. The molecule has 0 aromatic heterocycles. The molecule has 1 aliphatic carbocycles. The van der Waals surface area contributed by atoms with Gasteiger partial charge in [0.25, 0.3) is 0 Å². The highest BCUT2D eigenvalue weighted by Gasteiger charge is 2.23. The minimum Gasteiger partial charge on any atom is -0.490 e.